The molecule has 2 N–H and O–H groups in total. The van der Waals surface area contributed by atoms with Gasteiger partial charge in [0, 0.05) is 14.1 Å². The minimum Gasteiger partial charge on any atom is -0.291 e. The lowest BCUT2D eigenvalue weighted by atomic mass is 11.1. The average molecular weight is 202 g/mol. The molecule has 74 valence electrons. The summed E-state index contributed by atoms with van der Waals surface area (Å²) in [6.45, 7) is 0. The lowest BCUT2D eigenvalue weighted by Gasteiger charge is -1.97. The number of rotatable bonds is 0. The second-order valence-corrected chi connectivity index (χ2v) is 3.00. The number of aryl methyl sites for hydroxylation is 2. The zero-order chi connectivity index (χ0) is 10.5. The fourth-order valence-corrected chi connectivity index (χ4v) is 1.35. The molecule has 0 aliphatic rings. The van der Waals surface area contributed by atoms with Gasteiger partial charge in [-0.1, -0.05) is 0 Å². The highest BCUT2D eigenvalue weighted by Crippen LogP contribution is 1.97. The SMILES string of the molecule is Cn1c(=O)[nH][13c]2[13c]1[13c](=O)[15nH][13c](=O)[15n]2C. The zero-order valence-corrected chi connectivity index (χ0v) is 7.62. The number of imidazole rings is 1. The van der Waals surface area contributed by atoms with Crippen molar-refractivity contribution in [3.8, 4) is 0 Å². The van der Waals surface area contributed by atoms with E-state index in [0.29, 0.717) is 0 Å². The van der Waals surface area contributed by atoms with Crippen molar-refractivity contribution >= 4 is 11.2 Å². The summed E-state index contributed by atoms with van der Waals surface area (Å²) in [7, 11) is 2.93. The van der Waals surface area contributed by atoms with Crippen LogP contribution in [0.3, 0.4) is 0 Å². The van der Waals surface area contributed by atoms with Crippen LogP contribution < -0.4 is 16.9 Å². The molecule has 0 unspecified atom stereocenters. The van der Waals surface area contributed by atoms with Gasteiger partial charge in [0.2, 0.25) is 0 Å². The zero-order valence-electron chi connectivity index (χ0n) is 7.62. The first-order chi connectivity index (χ1) is 6.52. The van der Waals surface area contributed by atoms with Crippen LogP contribution in [0, 0.1) is 0 Å². The second-order valence-electron chi connectivity index (χ2n) is 3.00. The Balaban J connectivity index is 3.27. The maximum atomic E-state index is 11.3. The van der Waals surface area contributed by atoms with Crippen molar-refractivity contribution in [2.24, 2.45) is 14.1 Å². The summed E-state index contributed by atoms with van der Waals surface area (Å²) in [5, 5.41) is 0. The molecule has 0 fully saturated rings. The van der Waals surface area contributed by atoms with Crippen molar-refractivity contribution in [3.05, 3.63) is 31.3 Å². The molecule has 7 heteroatoms. The van der Waals surface area contributed by atoms with Crippen LogP contribution >= 0.6 is 0 Å². The number of hydrogen-bond acceptors (Lipinski definition) is 3. The smallest absolute Gasteiger partial charge is 0.291 e. The van der Waals surface area contributed by atoms with E-state index in [9.17, 15) is 14.4 Å². The van der Waals surface area contributed by atoms with Crippen molar-refractivity contribution < 1.29 is 0 Å². The topological polar surface area (TPSA) is 92.7 Å². The molecule has 2 rings (SSSR count). The molecule has 0 aromatic carbocycles. The number of aromatic amines is 2. The van der Waals surface area contributed by atoms with Crippen molar-refractivity contribution in [2.45, 2.75) is 0 Å². The fraction of sp³-hybridized carbons (Fsp3) is 0.286. The highest BCUT2D eigenvalue weighted by molar-refractivity contribution is 5.69. The van der Waals surface area contributed by atoms with Crippen LogP contribution in [-0.2, 0) is 14.1 Å². The normalized spacial score (nSPS) is 11.0. The summed E-state index contributed by atoms with van der Waals surface area (Å²) in [6, 6.07) is 0. The third kappa shape index (κ3) is 0.889. The molecule has 0 atom stereocenters. The van der Waals surface area contributed by atoms with Gasteiger partial charge in [-0.05, 0) is 0 Å². The van der Waals surface area contributed by atoms with E-state index >= 15 is 0 Å². The Labute approximate surface area is 76.6 Å². The molecule has 0 radical (unpaired) electrons. The van der Waals surface area contributed by atoms with Crippen LogP contribution in [0.5, 0.6) is 0 Å². The van der Waals surface area contributed by atoms with Crippen LogP contribution in [0.2, 0.25) is 0 Å². The molecule has 2 heterocycles. The van der Waals surface area contributed by atoms with Gasteiger partial charge < -0.3 is 0 Å². The number of aromatic nitrogens is 4. The third-order valence-corrected chi connectivity index (χ3v) is 2.17. The van der Waals surface area contributed by atoms with Crippen LogP contribution in [0.25, 0.3) is 11.2 Å². The highest BCUT2D eigenvalue weighted by atomic mass is 16.3. The number of hydrogen-bond donors (Lipinski definition) is 2. The van der Waals surface area contributed by atoms with E-state index in [1.54, 1.807) is 0 Å². The van der Waals surface area contributed by atoms with E-state index in [4.69, 9.17) is 0 Å². The fourth-order valence-electron chi connectivity index (χ4n) is 1.35. The molecule has 0 bridgehead atoms. The summed E-state index contributed by atoms with van der Waals surface area (Å²) in [4.78, 5) is 38.2. The first-order valence-corrected chi connectivity index (χ1v) is 3.90. The van der Waals surface area contributed by atoms with Gasteiger partial charge >= 0.3 is 11.4 Å². The van der Waals surface area contributed by atoms with E-state index in [1.807, 2.05) is 0 Å². The van der Waals surface area contributed by atoms with Gasteiger partial charge in [0.1, 0.15) is 5.65 Å². The average Bonchev–Trinajstić information content (AvgIpc) is 2.40. The largest absolute Gasteiger partial charge is 0.329 e. The highest BCUT2D eigenvalue weighted by Gasteiger charge is 2.10. The van der Waals surface area contributed by atoms with Crippen LogP contribution in [0.4, 0.5) is 0 Å². The van der Waals surface area contributed by atoms with Gasteiger partial charge in [0.15, 0.2) is 5.52 Å². The van der Waals surface area contributed by atoms with Crippen LogP contribution in [-0.4, -0.2) is 19.1 Å². The van der Waals surface area contributed by atoms with E-state index in [1.165, 1.54) is 18.7 Å². The molecule has 2 aromatic heterocycles. The second kappa shape index (κ2) is 2.47. The minimum absolute atomic E-state index is 0.164. The Kier molecular flexibility index (Phi) is 1.51. The summed E-state index contributed by atoms with van der Waals surface area (Å²) < 4.78 is 2.34. The first kappa shape index (κ1) is 8.54. The molecule has 7 nitrogen and oxygen atoms in total. The van der Waals surface area contributed by atoms with Gasteiger partial charge in [-0.3, -0.25) is 23.9 Å². The Morgan fingerprint density at radius 2 is 1.50 bits per heavy atom. The Morgan fingerprint density at radius 3 is 2.14 bits per heavy atom. The molecule has 2 aromatic rings. The first-order valence-electron chi connectivity index (χ1n) is 3.90. The monoisotopic (exact) mass is 202 g/mol. The lowest BCUT2D eigenvalue weighted by Crippen LogP contribution is -2.29. The van der Waals surface area contributed by atoms with E-state index in [2.05, 4.69) is 9.97 Å². The predicted molar refractivity (Wildman–Crippen MR) is 49.4 cm³/mol. The molecule has 0 saturated heterocycles. The van der Waals surface area contributed by atoms with E-state index in [0.717, 1.165) is 4.57 Å². The molecule has 0 saturated carbocycles. The molecular weight excluding hydrogens is 194 g/mol. The minimum atomic E-state index is -0.566. The van der Waals surface area contributed by atoms with Crippen LogP contribution in [0.15, 0.2) is 14.4 Å². The van der Waals surface area contributed by atoms with Crippen molar-refractivity contribution in [1.29, 1.82) is 0 Å². The summed E-state index contributed by atoms with van der Waals surface area (Å²) in [5.74, 6) is 0. The maximum absolute atomic E-state index is 11.3. The van der Waals surface area contributed by atoms with Crippen molar-refractivity contribution in [3.63, 3.8) is 0 Å². The van der Waals surface area contributed by atoms with Gasteiger partial charge in [-0.15, -0.1) is 0 Å². The quantitative estimate of drug-likeness (QED) is 0.530. The summed E-state index contributed by atoms with van der Waals surface area (Å²) >= 11 is 0. The Bertz CT molecular complexity index is 669. The number of nitrogens with one attached hydrogen (secondary N) is 2. The van der Waals surface area contributed by atoms with Crippen molar-refractivity contribution in [2.75, 3.05) is 0 Å². The summed E-state index contributed by atoms with van der Waals surface area (Å²) in [5.41, 5.74) is -1.15. The molecule has 0 spiro atoms. The molecule has 14 heavy (non-hydrogen) atoms. The van der Waals surface area contributed by atoms with Gasteiger partial charge in [-0.25, -0.2) is 9.59 Å². The lowest BCUT2D eigenvalue weighted by molar-refractivity contribution is 0.829. The third-order valence-electron chi connectivity index (χ3n) is 2.17. The Morgan fingerprint density at radius 1 is 0.929 bits per heavy atom. The molecule has 0 aliphatic heterocycles. The molecule has 0 amide bonds. The van der Waals surface area contributed by atoms with Crippen molar-refractivity contribution in [1.82, 2.24) is 19.1 Å². The summed E-state index contributed by atoms with van der Waals surface area (Å²) in [6.07, 6.45) is 0. The standard InChI is InChI=1S/C7H8N4O3/c1-10-3-4(8-6(10)13)11(2)7(14)9-5(3)12/h1-2H3,(H,8,13)(H,9,12,14)/i3+1,4+1,5+1,7+1,9+1,11+1. The number of nitrogens with zero attached hydrogens (tertiary/aromatic N) is 2. The molecule has 0 aliphatic carbocycles. The number of H-pyrrole nitrogens is 2. The predicted octanol–water partition coefficient (Wildman–Crippen LogP) is -1.75. The number of fused-ring (bicyclic) bond motifs is 1. The Hall–Kier alpha value is -2.05. The molecular formula is C7H8N4O3. The van der Waals surface area contributed by atoms with E-state index < -0.39 is 16.9 Å². The van der Waals surface area contributed by atoms with Gasteiger partial charge in [-0.2, -0.15) is 0 Å². The van der Waals surface area contributed by atoms with Gasteiger partial charge in [0.05, 0.1) is 0 Å². The maximum Gasteiger partial charge on any atom is 0.329 e. The van der Waals surface area contributed by atoms with Crippen LogP contribution in [0.1, 0.15) is 0 Å². The van der Waals surface area contributed by atoms with Gasteiger partial charge in [0.25, 0.3) is 5.56 Å². The van der Waals surface area contributed by atoms with E-state index in [-0.39, 0.29) is 11.2 Å².